The summed E-state index contributed by atoms with van der Waals surface area (Å²) in [5.74, 6) is 1.50. The van der Waals surface area contributed by atoms with Gasteiger partial charge in [-0.25, -0.2) is 0 Å². The first-order valence-corrected chi connectivity index (χ1v) is 7.66. The maximum atomic E-state index is 9.60. The molecule has 0 amide bonds. The van der Waals surface area contributed by atoms with Crippen LogP contribution in [0.25, 0.3) is 0 Å². The van der Waals surface area contributed by atoms with Gasteiger partial charge in [-0.2, -0.15) is 0 Å². The van der Waals surface area contributed by atoms with Crippen LogP contribution in [0.5, 0.6) is 11.5 Å². The highest BCUT2D eigenvalue weighted by molar-refractivity contribution is 9.10. The maximum Gasteiger partial charge on any atom is 0.161 e. The smallest absolute Gasteiger partial charge is 0.161 e. The van der Waals surface area contributed by atoms with Crippen LogP contribution in [0.4, 0.5) is 0 Å². The molecular formula is C17H19BrO3. The largest absolute Gasteiger partial charge is 0.493 e. The zero-order chi connectivity index (χ0) is 15.1. The van der Waals surface area contributed by atoms with Crippen LogP contribution in [0.3, 0.4) is 0 Å². The molecule has 112 valence electrons. The second-order valence-electron chi connectivity index (χ2n) is 4.69. The minimum atomic E-state index is 0.0512. The number of methoxy groups -OCH3 is 1. The summed E-state index contributed by atoms with van der Waals surface area (Å²) in [4.78, 5) is 0. The van der Waals surface area contributed by atoms with Crippen molar-refractivity contribution in [2.24, 2.45) is 0 Å². The molecule has 0 heterocycles. The van der Waals surface area contributed by atoms with Gasteiger partial charge in [-0.1, -0.05) is 46.3 Å². The van der Waals surface area contributed by atoms with Gasteiger partial charge in [-0.3, -0.25) is 0 Å². The Morgan fingerprint density at radius 2 is 1.71 bits per heavy atom. The Kier molecular flexibility index (Phi) is 6.08. The molecule has 0 radical (unpaired) electrons. The Morgan fingerprint density at radius 1 is 1.05 bits per heavy atom. The zero-order valence-corrected chi connectivity index (χ0v) is 13.5. The van der Waals surface area contributed by atoms with Crippen molar-refractivity contribution in [3.63, 3.8) is 0 Å². The van der Waals surface area contributed by atoms with Crippen molar-refractivity contribution >= 4 is 15.9 Å². The second-order valence-corrected chi connectivity index (χ2v) is 5.54. The molecule has 1 N–H and O–H groups in total. The molecule has 0 aliphatic heterocycles. The Labute approximate surface area is 133 Å². The quantitative estimate of drug-likeness (QED) is 0.819. The Bertz CT molecular complexity index is 571. The molecule has 2 aromatic carbocycles. The fraction of sp³-hybridized carbons (Fsp3) is 0.294. The average Bonchev–Trinajstić information content (AvgIpc) is 2.53. The van der Waals surface area contributed by atoms with E-state index in [9.17, 15) is 5.11 Å². The first-order valence-electron chi connectivity index (χ1n) is 6.87. The minimum Gasteiger partial charge on any atom is -0.493 e. The Morgan fingerprint density at radius 3 is 2.38 bits per heavy atom. The summed E-state index contributed by atoms with van der Waals surface area (Å²) in [6.07, 6.45) is 0.733. The van der Waals surface area contributed by atoms with Gasteiger partial charge in [0.15, 0.2) is 11.5 Å². The summed E-state index contributed by atoms with van der Waals surface area (Å²) in [5.41, 5.74) is 1.10. The van der Waals surface area contributed by atoms with Crippen LogP contribution >= 0.6 is 15.9 Å². The van der Waals surface area contributed by atoms with E-state index in [0.29, 0.717) is 6.61 Å². The van der Waals surface area contributed by atoms with Crippen molar-refractivity contribution in [1.29, 1.82) is 0 Å². The fourth-order valence-corrected chi connectivity index (χ4v) is 2.81. The summed E-state index contributed by atoms with van der Waals surface area (Å²) in [5, 5.41) is 9.60. The summed E-state index contributed by atoms with van der Waals surface area (Å²) in [6.45, 7) is 0.616. The topological polar surface area (TPSA) is 38.7 Å². The van der Waals surface area contributed by atoms with Crippen molar-refractivity contribution in [1.82, 2.24) is 0 Å². The number of hydrogen-bond acceptors (Lipinski definition) is 3. The van der Waals surface area contributed by atoms with E-state index in [2.05, 4.69) is 15.9 Å². The lowest BCUT2D eigenvalue weighted by Gasteiger charge is -2.17. The van der Waals surface area contributed by atoms with Gasteiger partial charge in [0.05, 0.1) is 20.3 Å². The molecule has 0 aliphatic rings. The van der Waals surface area contributed by atoms with Crippen LogP contribution in [0.1, 0.15) is 17.9 Å². The van der Waals surface area contributed by atoms with Crippen LogP contribution < -0.4 is 9.47 Å². The van der Waals surface area contributed by atoms with E-state index in [4.69, 9.17) is 9.47 Å². The van der Waals surface area contributed by atoms with Crippen molar-refractivity contribution in [2.75, 3.05) is 20.3 Å². The second kappa shape index (κ2) is 8.05. The molecule has 0 saturated carbocycles. The lowest BCUT2D eigenvalue weighted by atomic mass is 9.97. The van der Waals surface area contributed by atoms with E-state index in [0.717, 1.165) is 28.0 Å². The molecule has 0 bridgehead atoms. The third-order valence-corrected chi connectivity index (χ3v) is 4.08. The molecule has 2 rings (SSSR count). The maximum absolute atomic E-state index is 9.60. The first kappa shape index (κ1) is 15.9. The van der Waals surface area contributed by atoms with E-state index in [1.54, 1.807) is 7.11 Å². The number of aliphatic hydroxyl groups is 1. The van der Waals surface area contributed by atoms with E-state index in [1.807, 2.05) is 48.5 Å². The summed E-state index contributed by atoms with van der Waals surface area (Å²) in [6, 6.07) is 15.5. The van der Waals surface area contributed by atoms with Gasteiger partial charge in [0.25, 0.3) is 0 Å². The molecular weight excluding hydrogens is 332 g/mol. The lowest BCUT2D eigenvalue weighted by Crippen LogP contribution is -2.10. The van der Waals surface area contributed by atoms with Crippen molar-refractivity contribution in [3.8, 4) is 11.5 Å². The zero-order valence-electron chi connectivity index (χ0n) is 12.0. The van der Waals surface area contributed by atoms with Crippen molar-refractivity contribution < 1.29 is 14.6 Å². The van der Waals surface area contributed by atoms with E-state index < -0.39 is 0 Å². The molecule has 21 heavy (non-hydrogen) atoms. The van der Waals surface area contributed by atoms with Crippen LogP contribution in [-0.4, -0.2) is 25.4 Å². The van der Waals surface area contributed by atoms with Gasteiger partial charge in [-0.05, 0) is 30.2 Å². The summed E-state index contributed by atoms with van der Waals surface area (Å²) >= 11 is 3.53. The number of aliphatic hydroxyl groups excluding tert-OH is 1. The summed E-state index contributed by atoms with van der Waals surface area (Å²) < 4.78 is 12.0. The highest BCUT2D eigenvalue weighted by Gasteiger charge is 2.14. The molecule has 2 aromatic rings. The van der Waals surface area contributed by atoms with Gasteiger partial charge in [-0.15, -0.1) is 0 Å². The summed E-state index contributed by atoms with van der Waals surface area (Å²) in [7, 11) is 1.62. The van der Waals surface area contributed by atoms with Crippen molar-refractivity contribution in [2.45, 2.75) is 12.3 Å². The van der Waals surface area contributed by atoms with Crippen LogP contribution in [-0.2, 0) is 0 Å². The number of hydrogen-bond donors (Lipinski definition) is 1. The standard InChI is InChI=1S/C17H19BrO3/c1-20-16-8-4-5-9-17(16)21-11-10-13(12-19)14-6-2-3-7-15(14)18/h2-9,13,19H,10-12H2,1H3. The predicted molar refractivity (Wildman–Crippen MR) is 87.1 cm³/mol. The molecule has 0 aliphatic carbocycles. The molecule has 1 atom stereocenters. The fourth-order valence-electron chi connectivity index (χ4n) is 2.20. The molecule has 0 spiro atoms. The first-order chi connectivity index (χ1) is 10.3. The number of halogens is 1. The number of para-hydroxylation sites is 2. The van der Waals surface area contributed by atoms with E-state index in [-0.39, 0.29) is 12.5 Å². The molecule has 1 unspecified atom stereocenters. The lowest BCUT2D eigenvalue weighted by molar-refractivity contribution is 0.225. The Balaban J connectivity index is 1.97. The van der Waals surface area contributed by atoms with Gasteiger partial charge in [0.1, 0.15) is 0 Å². The highest BCUT2D eigenvalue weighted by atomic mass is 79.9. The molecule has 0 fully saturated rings. The molecule has 4 heteroatoms. The van der Waals surface area contributed by atoms with Gasteiger partial charge >= 0.3 is 0 Å². The monoisotopic (exact) mass is 350 g/mol. The Hall–Kier alpha value is -1.52. The third-order valence-electron chi connectivity index (χ3n) is 3.36. The SMILES string of the molecule is COc1ccccc1OCCC(CO)c1ccccc1Br. The number of ether oxygens (including phenoxy) is 2. The van der Waals surface area contributed by atoms with Crippen LogP contribution in [0.15, 0.2) is 53.0 Å². The average molecular weight is 351 g/mol. The molecule has 3 nitrogen and oxygen atoms in total. The van der Waals surface area contributed by atoms with E-state index in [1.165, 1.54) is 0 Å². The third kappa shape index (κ3) is 4.22. The van der Waals surface area contributed by atoms with Gasteiger partial charge in [0.2, 0.25) is 0 Å². The predicted octanol–water partition coefficient (Wildman–Crippen LogP) is 4.00. The van der Waals surface area contributed by atoms with Crippen LogP contribution in [0.2, 0.25) is 0 Å². The highest BCUT2D eigenvalue weighted by Crippen LogP contribution is 2.29. The van der Waals surface area contributed by atoms with Gasteiger partial charge in [0, 0.05) is 10.4 Å². The normalized spacial score (nSPS) is 12.0. The number of benzene rings is 2. The van der Waals surface area contributed by atoms with Gasteiger partial charge < -0.3 is 14.6 Å². The van der Waals surface area contributed by atoms with E-state index >= 15 is 0 Å². The van der Waals surface area contributed by atoms with Crippen LogP contribution in [0, 0.1) is 0 Å². The molecule has 0 aromatic heterocycles. The minimum absolute atomic E-state index is 0.0512. The molecule has 0 saturated heterocycles. The number of rotatable bonds is 7. The van der Waals surface area contributed by atoms with Crippen molar-refractivity contribution in [3.05, 3.63) is 58.6 Å².